The molecule has 1 heterocycles. The highest BCUT2D eigenvalue weighted by molar-refractivity contribution is 7.80. The summed E-state index contributed by atoms with van der Waals surface area (Å²) in [6.07, 6.45) is 0. The van der Waals surface area contributed by atoms with Crippen molar-refractivity contribution >= 4 is 10.4 Å². The second kappa shape index (κ2) is 7.15. The summed E-state index contributed by atoms with van der Waals surface area (Å²) in [5, 5.41) is 9.71. The average Bonchev–Trinajstić information content (AvgIpc) is 2.06. The minimum atomic E-state index is -4.65. The summed E-state index contributed by atoms with van der Waals surface area (Å²) in [4.78, 5) is 0. The van der Waals surface area contributed by atoms with Crippen molar-refractivity contribution in [3.63, 3.8) is 0 Å². The van der Waals surface area contributed by atoms with Gasteiger partial charge in [0.1, 0.15) is 0 Å². The molecule has 0 aromatic heterocycles. The second-order valence-electron chi connectivity index (χ2n) is 1.80. The lowest BCUT2D eigenvalue weighted by Gasteiger charge is -2.09. The fourth-order valence-electron chi connectivity index (χ4n) is 0.478. The van der Waals surface area contributed by atoms with Crippen LogP contribution in [-0.4, -0.2) is 44.7 Å². The van der Waals surface area contributed by atoms with Gasteiger partial charge in [-0.1, -0.05) is 9.37 Å². The Labute approximate surface area is 74.8 Å². The minimum absolute atomic E-state index is 0.778. The molecule has 0 spiro atoms. The third-order valence-corrected chi connectivity index (χ3v) is 1.09. The smallest absolute Gasteiger partial charge is 0.377 e. The molecule has 0 radical (unpaired) electrons. The second-order valence-corrected chi connectivity index (χ2v) is 2.79. The molecule has 1 fully saturated rings. The standard InChI is InChI=1S/C4H8O2.H2O6S/c1-2-6-4-3-5-1;1-5-6-7(2,3)4/h1-4H2;1H,(H,2,3,4). The summed E-state index contributed by atoms with van der Waals surface area (Å²) >= 11 is 0. The molecule has 0 atom stereocenters. The zero-order valence-corrected chi connectivity index (χ0v) is 7.40. The molecule has 1 saturated heterocycles. The van der Waals surface area contributed by atoms with E-state index in [1.807, 2.05) is 0 Å². The Morgan fingerprint density at radius 1 is 1.08 bits per heavy atom. The van der Waals surface area contributed by atoms with E-state index in [9.17, 15) is 8.42 Å². The van der Waals surface area contributed by atoms with E-state index in [0.29, 0.717) is 0 Å². The molecule has 0 amide bonds. The molecule has 0 bridgehead atoms. The summed E-state index contributed by atoms with van der Waals surface area (Å²) in [5.74, 6) is 0. The van der Waals surface area contributed by atoms with E-state index in [1.54, 1.807) is 0 Å². The van der Waals surface area contributed by atoms with Gasteiger partial charge in [-0.05, 0) is 0 Å². The van der Waals surface area contributed by atoms with Crippen molar-refractivity contribution in [3.05, 3.63) is 0 Å². The molecule has 1 rings (SSSR count). The van der Waals surface area contributed by atoms with Gasteiger partial charge < -0.3 is 9.47 Å². The molecule has 1 aliphatic heterocycles. The monoisotopic (exact) mass is 218 g/mol. The Hall–Kier alpha value is -0.290. The zero-order chi connectivity index (χ0) is 10.2. The number of hydrogen-bond donors (Lipinski definition) is 2. The molecule has 1 aliphatic rings. The van der Waals surface area contributed by atoms with Crippen LogP contribution in [0.2, 0.25) is 0 Å². The van der Waals surface area contributed by atoms with Crippen LogP contribution in [0.15, 0.2) is 0 Å². The van der Waals surface area contributed by atoms with Gasteiger partial charge in [0.2, 0.25) is 0 Å². The van der Waals surface area contributed by atoms with E-state index < -0.39 is 10.4 Å². The predicted octanol–water partition coefficient (Wildman–Crippen LogP) is -0.756. The Morgan fingerprint density at radius 2 is 1.46 bits per heavy atom. The summed E-state index contributed by atoms with van der Waals surface area (Å²) < 4.78 is 38.7. The van der Waals surface area contributed by atoms with Crippen molar-refractivity contribution < 1.29 is 37.1 Å². The SMILES string of the molecule is C1COCCO1.O=S(=O)(O)OOO. The Bertz CT molecular complexity index is 183. The van der Waals surface area contributed by atoms with Crippen molar-refractivity contribution in [2.75, 3.05) is 26.4 Å². The molecule has 0 aromatic rings. The van der Waals surface area contributed by atoms with Gasteiger partial charge in [0.15, 0.2) is 0 Å². The van der Waals surface area contributed by atoms with E-state index in [4.69, 9.17) is 19.3 Å². The largest absolute Gasteiger partial charge is 0.426 e. The van der Waals surface area contributed by atoms with E-state index in [0.717, 1.165) is 26.4 Å². The summed E-state index contributed by atoms with van der Waals surface area (Å²) in [6.45, 7) is 3.11. The van der Waals surface area contributed by atoms with Crippen molar-refractivity contribution in [1.29, 1.82) is 0 Å². The molecule has 0 unspecified atom stereocenters. The summed E-state index contributed by atoms with van der Waals surface area (Å²) in [7, 11) is -4.65. The molecule has 2 N–H and O–H groups in total. The van der Waals surface area contributed by atoms with Gasteiger partial charge in [-0.2, -0.15) is 8.42 Å². The van der Waals surface area contributed by atoms with Gasteiger partial charge in [-0.25, -0.2) is 5.26 Å². The van der Waals surface area contributed by atoms with Crippen molar-refractivity contribution in [3.8, 4) is 0 Å². The fourth-order valence-corrected chi connectivity index (χ4v) is 0.555. The van der Waals surface area contributed by atoms with Crippen LogP contribution >= 0.6 is 0 Å². The highest BCUT2D eigenvalue weighted by atomic mass is 32.3. The van der Waals surface area contributed by atoms with Crippen LogP contribution in [0.1, 0.15) is 0 Å². The first kappa shape index (κ1) is 12.7. The maximum Gasteiger partial charge on any atom is 0.426 e. The van der Waals surface area contributed by atoms with Crippen molar-refractivity contribution in [2.24, 2.45) is 0 Å². The molecule has 0 saturated carbocycles. The summed E-state index contributed by atoms with van der Waals surface area (Å²) in [5.41, 5.74) is 0. The highest BCUT2D eigenvalue weighted by Gasteiger charge is 2.02. The molecule has 9 heteroatoms. The maximum absolute atomic E-state index is 9.28. The molecule has 13 heavy (non-hydrogen) atoms. The van der Waals surface area contributed by atoms with Crippen LogP contribution in [0, 0.1) is 0 Å². The zero-order valence-electron chi connectivity index (χ0n) is 6.58. The van der Waals surface area contributed by atoms with E-state index >= 15 is 0 Å². The van der Waals surface area contributed by atoms with Gasteiger partial charge in [0.05, 0.1) is 26.4 Å². The van der Waals surface area contributed by atoms with Crippen LogP contribution in [-0.2, 0) is 29.2 Å². The fraction of sp³-hybridized carbons (Fsp3) is 1.00. The average molecular weight is 218 g/mol. The van der Waals surface area contributed by atoms with Crippen LogP contribution in [0.5, 0.6) is 0 Å². The first-order chi connectivity index (χ1) is 6.06. The van der Waals surface area contributed by atoms with Crippen LogP contribution in [0.4, 0.5) is 0 Å². The quantitative estimate of drug-likeness (QED) is 0.353. The molecule has 80 valence electrons. The normalized spacial score (nSPS) is 17.4. The van der Waals surface area contributed by atoms with Crippen LogP contribution < -0.4 is 0 Å². The lowest BCUT2D eigenvalue weighted by Crippen LogP contribution is -2.16. The first-order valence-corrected chi connectivity index (χ1v) is 4.55. The predicted molar refractivity (Wildman–Crippen MR) is 38.0 cm³/mol. The Kier molecular flexibility index (Phi) is 6.99. The molecule has 8 nitrogen and oxygen atoms in total. The Balaban J connectivity index is 0.000000223. The first-order valence-electron chi connectivity index (χ1n) is 3.19. The van der Waals surface area contributed by atoms with Gasteiger partial charge in [0.25, 0.3) is 0 Å². The molecular formula is C4H10O8S. The van der Waals surface area contributed by atoms with Crippen molar-refractivity contribution in [1.82, 2.24) is 0 Å². The number of rotatable bonds is 2. The van der Waals surface area contributed by atoms with E-state index in [2.05, 4.69) is 9.37 Å². The maximum atomic E-state index is 9.28. The van der Waals surface area contributed by atoms with Gasteiger partial charge in [0, 0.05) is 0 Å². The van der Waals surface area contributed by atoms with Crippen molar-refractivity contribution in [2.45, 2.75) is 0 Å². The van der Waals surface area contributed by atoms with Gasteiger partial charge in [-0.3, -0.25) is 4.55 Å². The number of hydrogen-bond acceptors (Lipinski definition) is 7. The van der Waals surface area contributed by atoms with E-state index in [-0.39, 0.29) is 0 Å². The highest BCUT2D eigenvalue weighted by Crippen LogP contribution is 1.85. The third kappa shape index (κ3) is 11.7. The van der Waals surface area contributed by atoms with Crippen LogP contribution in [0.3, 0.4) is 0 Å². The van der Waals surface area contributed by atoms with Gasteiger partial charge in [-0.15, -0.1) is 0 Å². The lowest BCUT2D eigenvalue weighted by molar-refractivity contribution is -0.439. The third-order valence-electron chi connectivity index (χ3n) is 0.860. The van der Waals surface area contributed by atoms with Gasteiger partial charge >= 0.3 is 10.4 Å². The van der Waals surface area contributed by atoms with Crippen LogP contribution in [0.25, 0.3) is 0 Å². The molecule has 0 aliphatic carbocycles. The lowest BCUT2D eigenvalue weighted by atomic mass is 10.6. The number of ether oxygens (including phenoxy) is 2. The Morgan fingerprint density at radius 3 is 1.54 bits per heavy atom. The molecule has 0 aromatic carbocycles. The summed E-state index contributed by atoms with van der Waals surface area (Å²) in [6, 6.07) is 0. The minimum Gasteiger partial charge on any atom is -0.377 e. The topological polar surface area (TPSA) is 112 Å². The molecular weight excluding hydrogens is 208 g/mol. The van der Waals surface area contributed by atoms with E-state index in [1.165, 1.54) is 0 Å².